The molecule has 0 heterocycles. The first-order valence-corrected chi connectivity index (χ1v) is 4.50. The highest BCUT2D eigenvalue weighted by Gasteiger charge is 2.11. The average Bonchev–Trinajstić information content (AvgIpc) is 2.14. The minimum atomic E-state index is -0.468. The van der Waals surface area contributed by atoms with Gasteiger partial charge in [0.05, 0.1) is 9.40 Å². The van der Waals surface area contributed by atoms with Crippen LogP contribution in [0.2, 0.25) is 0 Å². The summed E-state index contributed by atoms with van der Waals surface area (Å²) in [7, 11) is 1.50. The SMILES string of the molecule is COCOc1ccc([N+](=O)[O-])c(Br)c1. The number of nitro benzene ring substituents is 1. The predicted octanol–water partition coefficient (Wildman–Crippen LogP) is 2.34. The topological polar surface area (TPSA) is 61.6 Å². The van der Waals surface area contributed by atoms with Crippen LogP contribution >= 0.6 is 15.9 Å². The van der Waals surface area contributed by atoms with E-state index >= 15 is 0 Å². The first kappa shape index (κ1) is 10.9. The minimum Gasteiger partial charge on any atom is -0.468 e. The lowest BCUT2D eigenvalue weighted by Gasteiger charge is -2.04. The standard InChI is InChI=1S/C8H8BrNO4/c1-13-5-14-6-2-3-8(10(11)12)7(9)4-6/h2-4H,5H2,1H3. The third-order valence-corrected chi connectivity index (χ3v) is 2.09. The molecule has 0 unspecified atom stereocenters. The van der Waals surface area contributed by atoms with E-state index in [0.717, 1.165) is 0 Å². The fourth-order valence-corrected chi connectivity index (χ4v) is 1.36. The first-order chi connectivity index (χ1) is 6.65. The maximum Gasteiger partial charge on any atom is 0.283 e. The zero-order chi connectivity index (χ0) is 10.6. The molecule has 0 atom stereocenters. The van der Waals surface area contributed by atoms with E-state index in [1.54, 1.807) is 0 Å². The fraction of sp³-hybridized carbons (Fsp3) is 0.250. The third-order valence-electron chi connectivity index (χ3n) is 1.46. The smallest absolute Gasteiger partial charge is 0.283 e. The molecule has 1 aromatic carbocycles. The number of methoxy groups -OCH3 is 1. The van der Waals surface area contributed by atoms with Gasteiger partial charge < -0.3 is 9.47 Å². The monoisotopic (exact) mass is 261 g/mol. The van der Waals surface area contributed by atoms with E-state index in [0.29, 0.717) is 10.2 Å². The summed E-state index contributed by atoms with van der Waals surface area (Å²) in [5, 5.41) is 10.5. The van der Waals surface area contributed by atoms with Crippen molar-refractivity contribution in [2.75, 3.05) is 13.9 Å². The van der Waals surface area contributed by atoms with Gasteiger partial charge in [0.1, 0.15) is 5.75 Å². The van der Waals surface area contributed by atoms with Crippen LogP contribution in [0.25, 0.3) is 0 Å². The molecule has 0 N–H and O–H groups in total. The largest absolute Gasteiger partial charge is 0.468 e. The molecule has 0 bridgehead atoms. The van der Waals surface area contributed by atoms with Gasteiger partial charge in [-0.3, -0.25) is 10.1 Å². The molecule has 1 aromatic rings. The van der Waals surface area contributed by atoms with Crippen LogP contribution in [0.4, 0.5) is 5.69 Å². The molecule has 0 aliphatic rings. The van der Waals surface area contributed by atoms with Crippen molar-refractivity contribution in [3.63, 3.8) is 0 Å². The van der Waals surface area contributed by atoms with E-state index in [4.69, 9.17) is 9.47 Å². The summed E-state index contributed by atoms with van der Waals surface area (Å²) in [6.45, 7) is 0.115. The Bertz CT molecular complexity index is 342. The van der Waals surface area contributed by atoms with Crippen LogP contribution in [0.15, 0.2) is 22.7 Å². The number of benzene rings is 1. The Balaban J connectivity index is 2.83. The van der Waals surface area contributed by atoms with Crippen molar-refractivity contribution in [1.29, 1.82) is 0 Å². The second-order valence-electron chi connectivity index (χ2n) is 2.42. The van der Waals surface area contributed by atoms with Gasteiger partial charge in [0.15, 0.2) is 6.79 Å². The fourth-order valence-electron chi connectivity index (χ4n) is 0.852. The van der Waals surface area contributed by atoms with Crippen LogP contribution < -0.4 is 4.74 Å². The Kier molecular flexibility index (Phi) is 3.84. The van der Waals surface area contributed by atoms with E-state index in [1.165, 1.54) is 25.3 Å². The van der Waals surface area contributed by atoms with Gasteiger partial charge in [-0.25, -0.2) is 0 Å². The Hall–Kier alpha value is -1.14. The summed E-state index contributed by atoms with van der Waals surface area (Å²) in [6, 6.07) is 4.41. The van der Waals surface area contributed by atoms with Crippen molar-refractivity contribution < 1.29 is 14.4 Å². The zero-order valence-corrected chi connectivity index (χ0v) is 8.98. The van der Waals surface area contributed by atoms with Crippen molar-refractivity contribution >= 4 is 21.6 Å². The number of nitro groups is 1. The first-order valence-electron chi connectivity index (χ1n) is 3.71. The molecule has 1 rings (SSSR count). The summed E-state index contributed by atoms with van der Waals surface area (Å²) < 4.78 is 10.2. The third kappa shape index (κ3) is 2.68. The second kappa shape index (κ2) is 4.92. The molecule has 0 fully saturated rings. The lowest BCUT2D eigenvalue weighted by Crippen LogP contribution is -1.99. The Morgan fingerprint density at radius 2 is 2.29 bits per heavy atom. The van der Waals surface area contributed by atoms with E-state index < -0.39 is 4.92 Å². The van der Waals surface area contributed by atoms with E-state index in [-0.39, 0.29) is 12.5 Å². The van der Waals surface area contributed by atoms with E-state index in [9.17, 15) is 10.1 Å². The molecule has 0 aliphatic carbocycles. The summed E-state index contributed by atoms with van der Waals surface area (Å²) in [4.78, 5) is 9.99. The summed E-state index contributed by atoms with van der Waals surface area (Å²) in [5.74, 6) is 0.518. The maximum absolute atomic E-state index is 10.5. The van der Waals surface area contributed by atoms with Crippen molar-refractivity contribution in [3.05, 3.63) is 32.8 Å². The predicted molar refractivity (Wildman–Crippen MR) is 53.3 cm³/mol. The number of hydrogen-bond donors (Lipinski definition) is 0. The van der Waals surface area contributed by atoms with Gasteiger partial charge in [-0.05, 0) is 22.0 Å². The van der Waals surface area contributed by atoms with Gasteiger partial charge in [0, 0.05) is 19.2 Å². The molecule has 6 heteroatoms. The molecule has 0 aromatic heterocycles. The molecule has 0 radical (unpaired) electrons. The summed E-state index contributed by atoms with van der Waals surface area (Å²) in [5.41, 5.74) is 0.00904. The van der Waals surface area contributed by atoms with E-state index in [2.05, 4.69) is 15.9 Å². The number of hydrogen-bond acceptors (Lipinski definition) is 4. The summed E-state index contributed by atoms with van der Waals surface area (Å²) >= 11 is 3.08. The van der Waals surface area contributed by atoms with Gasteiger partial charge in [-0.2, -0.15) is 0 Å². The number of rotatable bonds is 4. The van der Waals surface area contributed by atoms with Crippen LogP contribution in [0, 0.1) is 10.1 Å². The van der Waals surface area contributed by atoms with Crippen LogP contribution in [0.1, 0.15) is 0 Å². The van der Waals surface area contributed by atoms with Crippen molar-refractivity contribution in [2.45, 2.75) is 0 Å². The lowest BCUT2D eigenvalue weighted by molar-refractivity contribution is -0.385. The Morgan fingerprint density at radius 1 is 1.57 bits per heavy atom. The molecule has 0 aliphatic heterocycles. The van der Waals surface area contributed by atoms with Crippen LogP contribution in [-0.4, -0.2) is 18.8 Å². The number of ether oxygens (including phenoxy) is 2. The highest BCUT2D eigenvalue weighted by atomic mass is 79.9. The van der Waals surface area contributed by atoms with Crippen LogP contribution in [0.3, 0.4) is 0 Å². The molecule has 5 nitrogen and oxygen atoms in total. The minimum absolute atomic E-state index is 0.00904. The molecule has 0 amide bonds. The highest BCUT2D eigenvalue weighted by Crippen LogP contribution is 2.28. The normalized spacial score (nSPS) is 9.86. The van der Waals surface area contributed by atoms with Gasteiger partial charge in [0.2, 0.25) is 0 Å². The van der Waals surface area contributed by atoms with Gasteiger partial charge in [-0.15, -0.1) is 0 Å². The van der Waals surface area contributed by atoms with Gasteiger partial charge in [0.25, 0.3) is 5.69 Å². The Morgan fingerprint density at radius 3 is 2.79 bits per heavy atom. The molecule has 14 heavy (non-hydrogen) atoms. The molecule has 0 saturated heterocycles. The number of nitrogens with zero attached hydrogens (tertiary/aromatic N) is 1. The van der Waals surface area contributed by atoms with Gasteiger partial charge in [-0.1, -0.05) is 0 Å². The van der Waals surface area contributed by atoms with Crippen molar-refractivity contribution in [2.24, 2.45) is 0 Å². The van der Waals surface area contributed by atoms with Crippen molar-refractivity contribution in [1.82, 2.24) is 0 Å². The maximum atomic E-state index is 10.5. The highest BCUT2D eigenvalue weighted by molar-refractivity contribution is 9.10. The molecule has 0 saturated carbocycles. The Labute approximate surface area is 88.9 Å². The van der Waals surface area contributed by atoms with Crippen LogP contribution in [-0.2, 0) is 4.74 Å². The number of halogens is 1. The molecular formula is C8H8BrNO4. The second-order valence-corrected chi connectivity index (χ2v) is 3.28. The molecule has 0 spiro atoms. The van der Waals surface area contributed by atoms with Gasteiger partial charge >= 0.3 is 0 Å². The summed E-state index contributed by atoms with van der Waals surface area (Å²) in [6.07, 6.45) is 0. The molecule has 76 valence electrons. The zero-order valence-electron chi connectivity index (χ0n) is 7.40. The molecular weight excluding hydrogens is 254 g/mol. The quantitative estimate of drug-likeness (QED) is 0.474. The lowest BCUT2D eigenvalue weighted by atomic mass is 10.3. The van der Waals surface area contributed by atoms with Crippen molar-refractivity contribution in [3.8, 4) is 5.75 Å². The van der Waals surface area contributed by atoms with Crippen LogP contribution in [0.5, 0.6) is 5.75 Å². The van der Waals surface area contributed by atoms with E-state index in [1.807, 2.05) is 0 Å². The average molecular weight is 262 g/mol.